The minimum atomic E-state index is -0.773. The lowest BCUT2D eigenvalue weighted by atomic mass is 9.91. The highest BCUT2D eigenvalue weighted by molar-refractivity contribution is 6.06. The van der Waals surface area contributed by atoms with Gasteiger partial charge in [-0.15, -0.1) is 0 Å². The molecule has 5 heteroatoms. The van der Waals surface area contributed by atoms with Crippen molar-refractivity contribution in [3.63, 3.8) is 0 Å². The number of ketones is 1. The largest absolute Gasteiger partial charge is 0.369 e. The monoisotopic (exact) mass is 371 g/mol. The van der Waals surface area contributed by atoms with E-state index in [-0.39, 0.29) is 17.6 Å². The van der Waals surface area contributed by atoms with Crippen molar-refractivity contribution in [3.05, 3.63) is 35.4 Å². The summed E-state index contributed by atoms with van der Waals surface area (Å²) in [6, 6.07) is 7.86. The second kappa shape index (κ2) is 9.16. The van der Waals surface area contributed by atoms with Gasteiger partial charge in [-0.2, -0.15) is 0 Å². The Balaban J connectivity index is 2.03. The van der Waals surface area contributed by atoms with Gasteiger partial charge in [-0.25, -0.2) is 4.99 Å². The molecule has 0 radical (unpaired) electrons. The SMILES string of the molecule is CCCCCC(=O)Cc1cccc(CN2C(=O)C(C)(CC(C)C)N=C2N)c1. The highest BCUT2D eigenvalue weighted by atomic mass is 16.2. The number of carbonyl (C=O) groups excluding carboxylic acids is 2. The molecule has 1 aromatic rings. The fourth-order valence-electron chi connectivity index (χ4n) is 3.75. The second-order valence-electron chi connectivity index (χ2n) is 8.23. The molecule has 148 valence electrons. The fourth-order valence-corrected chi connectivity index (χ4v) is 3.75. The fraction of sp³-hybridized carbons (Fsp3) is 0.591. The topological polar surface area (TPSA) is 75.8 Å². The average molecular weight is 372 g/mol. The summed E-state index contributed by atoms with van der Waals surface area (Å²) >= 11 is 0. The molecule has 1 unspecified atom stereocenters. The van der Waals surface area contributed by atoms with Crippen LogP contribution in [0.5, 0.6) is 0 Å². The summed E-state index contributed by atoms with van der Waals surface area (Å²) in [4.78, 5) is 31.0. The van der Waals surface area contributed by atoms with E-state index in [4.69, 9.17) is 5.73 Å². The highest BCUT2D eigenvalue weighted by Crippen LogP contribution is 2.29. The van der Waals surface area contributed by atoms with E-state index in [2.05, 4.69) is 25.8 Å². The maximum atomic E-state index is 12.9. The molecule has 0 fully saturated rings. The quantitative estimate of drug-likeness (QED) is 0.635. The molecule has 5 nitrogen and oxygen atoms in total. The molecular formula is C22H33N3O2. The summed E-state index contributed by atoms with van der Waals surface area (Å²) in [6.07, 6.45) is 4.92. The van der Waals surface area contributed by atoms with Gasteiger partial charge in [-0.05, 0) is 36.8 Å². The van der Waals surface area contributed by atoms with Crippen LogP contribution in [0.25, 0.3) is 0 Å². The lowest BCUT2D eigenvalue weighted by Crippen LogP contribution is -2.43. The van der Waals surface area contributed by atoms with E-state index in [0.29, 0.717) is 31.7 Å². The van der Waals surface area contributed by atoms with Crippen molar-refractivity contribution >= 4 is 17.6 Å². The number of unbranched alkanes of at least 4 members (excludes halogenated alkanes) is 2. The van der Waals surface area contributed by atoms with Crippen molar-refractivity contribution in [1.29, 1.82) is 0 Å². The van der Waals surface area contributed by atoms with Crippen molar-refractivity contribution in [2.24, 2.45) is 16.6 Å². The van der Waals surface area contributed by atoms with Crippen molar-refractivity contribution in [1.82, 2.24) is 4.90 Å². The summed E-state index contributed by atoms with van der Waals surface area (Å²) < 4.78 is 0. The summed E-state index contributed by atoms with van der Waals surface area (Å²) in [7, 11) is 0. The third-order valence-electron chi connectivity index (χ3n) is 4.94. The van der Waals surface area contributed by atoms with Crippen molar-refractivity contribution in [3.8, 4) is 0 Å². The first kappa shape index (κ1) is 21.1. The molecule has 1 aliphatic heterocycles. The number of guanidine groups is 1. The minimum absolute atomic E-state index is 0.0465. The summed E-state index contributed by atoms with van der Waals surface area (Å²) in [5, 5.41) is 0. The molecule has 2 rings (SSSR count). The molecule has 1 heterocycles. The molecule has 0 aliphatic carbocycles. The van der Waals surface area contributed by atoms with E-state index in [9.17, 15) is 9.59 Å². The Morgan fingerprint density at radius 2 is 1.96 bits per heavy atom. The van der Waals surface area contributed by atoms with Crippen LogP contribution in [0.4, 0.5) is 0 Å². The summed E-state index contributed by atoms with van der Waals surface area (Å²) in [5.41, 5.74) is 7.24. The smallest absolute Gasteiger partial charge is 0.257 e. The predicted molar refractivity (Wildman–Crippen MR) is 109 cm³/mol. The summed E-state index contributed by atoms with van der Waals surface area (Å²) in [6.45, 7) is 8.53. The standard InChI is InChI=1S/C22H33N3O2/c1-5-6-7-11-19(26)13-17-9-8-10-18(12-17)15-25-20(27)22(4,14-16(2)3)24-21(25)23/h8-10,12,16H,5-7,11,13-15H2,1-4H3,(H2,23,24). The van der Waals surface area contributed by atoms with Gasteiger partial charge in [0.2, 0.25) is 0 Å². The molecule has 0 bridgehead atoms. The first-order valence-corrected chi connectivity index (χ1v) is 10.0. The Bertz CT molecular complexity index is 711. The lowest BCUT2D eigenvalue weighted by molar-refractivity contribution is -0.131. The number of carbonyl (C=O) groups is 2. The zero-order chi connectivity index (χ0) is 20.0. The van der Waals surface area contributed by atoms with E-state index in [1.807, 2.05) is 31.2 Å². The zero-order valence-corrected chi connectivity index (χ0v) is 17.1. The number of Topliss-reactive ketones (excluding diaryl/α,β-unsaturated/α-hetero) is 1. The molecule has 0 saturated heterocycles. The van der Waals surface area contributed by atoms with E-state index in [1.165, 1.54) is 0 Å². The zero-order valence-electron chi connectivity index (χ0n) is 17.1. The molecule has 0 spiro atoms. The third-order valence-corrected chi connectivity index (χ3v) is 4.94. The number of benzene rings is 1. The normalized spacial score (nSPS) is 19.7. The van der Waals surface area contributed by atoms with Gasteiger partial charge in [-0.1, -0.05) is 57.9 Å². The molecule has 1 atom stereocenters. The predicted octanol–water partition coefficient (Wildman–Crippen LogP) is 3.84. The number of aliphatic imine (C=N–C) groups is 1. The molecule has 27 heavy (non-hydrogen) atoms. The minimum Gasteiger partial charge on any atom is -0.369 e. The number of nitrogens with two attached hydrogens (primary N) is 1. The average Bonchev–Trinajstić information content (AvgIpc) is 2.78. The van der Waals surface area contributed by atoms with Gasteiger partial charge in [0.25, 0.3) is 5.91 Å². The summed E-state index contributed by atoms with van der Waals surface area (Å²) in [5.74, 6) is 0.861. The van der Waals surface area contributed by atoms with Crippen LogP contribution >= 0.6 is 0 Å². The van der Waals surface area contributed by atoms with Crippen LogP contribution in [0.3, 0.4) is 0 Å². The van der Waals surface area contributed by atoms with E-state index in [0.717, 1.165) is 30.4 Å². The second-order valence-corrected chi connectivity index (χ2v) is 8.23. The first-order chi connectivity index (χ1) is 12.7. The van der Waals surface area contributed by atoms with E-state index >= 15 is 0 Å². The maximum absolute atomic E-state index is 12.9. The lowest BCUT2D eigenvalue weighted by Gasteiger charge is -2.23. The van der Waals surface area contributed by atoms with Gasteiger partial charge < -0.3 is 5.73 Å². The number of hydrogen-bond acceptors (Lipinski definition) is 4. The van der Waals surface area contributed by atoms with Crippen molar-refractivity contribution in [2.75, 3.05) is 0 Å². The number of rotatable bonds is 10. The first-order valence-electron chi connectivity index (χ1n) is 10.0. The molecule has 2 N–H and O–H groups in total. The van der Waals surface area contributed by atoms with Crippen molar-refractivity contribution in [2.45, 2.75) is 78.3 Å². The van der Waals surface area contributed by atoms with Crippen LogP contribution in [0.2, 0.25) is 0 Å². The number of amides is 1. The van der Waals surface area contributed by atoms with Crippen LogP contribution in [0.15, 0.2) is 29.3 Å². The molecule has 0 saturated carbocycles. The Hall–Kier alpha value is -2.17. The van der Waals surface area contributed by atoms with Gasteiger partial charge in [0.15, 0.2) is 5.96 Å². The number of nitrogens with zero attached hydrogens (tertiary/aromatic N) is 2. The van der Waals surface area contributed by atoms with Gasteiger partial charge in [0.1, 0.15) is 11.3 Å². The molecule has 0 aromatic heterocycles. The Morgan fingerprint density at radius 3 is 2.63 bits per heavy atom. The maximum Gasteiger partial charge on any atom is 0.257 e. The van der Waals surface area contributed by atoms with Crippen LogP contribution in [0, 0.1) is 5.92 Å². The molecule has 1 aliphatic rings. The Kier molecular flexibility index (Phi) is 7.17. The van der Waals surface area contributed by atoms with Gasteiger partial charge >= 0.3 is 0 Å². The van der Waals surface area contributed by atoms with Crippen molar-refractivity contribution < 1.29 is 9.59 Å². The Labute approximate surface area is 163 Å². The van der Waals surface area contributed by atoms with Crippen LogP contribution in [-0.2, 0) is 22.6 Å². The third kappa shape index (κ3) is 5.65. The van der Waals surface area contributed by atoms with Gasteiger partial charge in [0.05, 0.1) is 6.54 Å². The Morgan fingerprint density at radius 1 is 1.26 bits per heavy atom. The van der Waals surface area contributed by atoms with E-state index < -0.39 is 5.54 Å². The molecule has 1 aromatic carbocycles. The molecule has 1 amide bonds. The van der Waals surface area contributed by atoms with Crippen LogP contribution < -0.4 is 5.73 Å². The number of hydrogen-bond donors (Lipinski definition) is 1. The van der Waals surface area contributed by atoms with Gasteiger partial charge in [0, 0.05) is 12.8 Å². The van der Waals surface area contributed by atoms with E-state index in [1.54, 1.807) is 4.90 Å². The highest BCUT2D eigenvalue weighted by Gasteiger charge is 2.43. The van der Waals surface area contributed by atoms with Crippen LogP contribution in [0.1, 0.15) is 70.9 Å². The van der Waals surface area contributed by atoms with Crippen LogP contribution in [-0.4, -0.2) is 28.1 Å². The molecular weight excluding hydrogens is 338 g/mol. The van der Waals surface area contributed by atoms with Gasteiger partial charge in [-0.3, -0.25) is 14.5 Å².